The van der Waals surface area contributed by atoms with E-state index in [0.717, 1.165) is 12.1 Å². The first-order valence-electron chi connectivity index (χ1n) is 12.6. The largest absolute Gasteiger partial charge is 0.421 e. The second-order valence-electron chi connectivity index (χ2n) is 10.2. The van der Waals surface area contributed by atoms with Crippen LogP contribution in [-0.4, -0.2) is 97.8 Å². The fraction of sp³-hybridized carbons (Fsp3) is 0.560. The number of hydrogen-bond acceptors (Lipinski definition) is 7. The van der Waals surface area contributed by atoms with Crippen LogP contribution in [0.3, 0.4) is 0 Å². The number of anilines is 1. The zero-order valence-electron chi connectivity index (χ0n) is 21.5. The van der Waals surface area contributed by atoms with Crippen molar-refractivity contribution in [1.82, 2.24) is 14.5 Å². The third kappa shape index (κ3) is 6.39. The molecule has 7 nitrogen and oxygen atoms in total. The Bertz CT molecular complexity index is 1260. The average Bonchev–Trinajstić information content (AvgIpc) is 2.88. The highest BCUT2D eigenvalue weighted by Gasteiger charge is 2.51. The van der Waals surface area contributed by atoms with Gasteiger partial charge in [-0.2, -0.15) is 30.6 Å². The van der Waals surface area contributed by atoms with Gasteiger partial charge in [0.05, 0.1) is 10.9 Å². The number of rotatable bonds is 6. The summed E-state index contributed by atoms with van der Waals surface area (Å²) in [5.74, 6) is 0. The van der Waals surface area contributed by atoms with Crippen molar-refractivity contribution in [3.63, 3.8) is 0 Å². The van der Waals surface area contributed by atoms with E-state index in [2.05, 4.69) is 5.32 Å². The molecule has 0 amide bonds. The average molecular weight is 613 g/mol. The van der Waals surface area contributed by atoms with Crippen LogP contribution in [0.2, 0.25) is 0 Å². The van der Waals surface area contributed by atoms with Crippen LogP contribution >= 0.6 is 12.2 Å². The van der Waals surface area contributed by atoms with Gasteiger partial charge in [-0.15, -0.1) is 0 Å². The lowest BCUT2D eigenvalue weighted by Crippen LogP contribution is -2.62. The first kappa shape index (κ1) is 30.9. The second kappa shape index (κ2) is 11.3. The maximum atomic E-state index is 13.5. The van der Waals surface area contributed by atoms with E-state index in [1.807, 2.05) is 0 Å². The molecule has 3 atom stereocenters. The number of hydrogen-bond donors (Lipinski definition) is 2. The molecule has 1 aliphatic carbocycles. The van der Waals surface area contributed by atoms with Gasteiger partial charge in [0.1, 0.15) is 6.04 Å². The summed E-state index contributed by atoms with van der Waals surface area (Å²) < 4.78 is 108. The first-order valence-corrected chi connectivity index (χ1v) is 14.5. The number of thiocarbonyl (C=S) groups is 1. The van der Waals surface area contributed by atoms with Crippen molar-refractivity contribution in [3.8, 4) is 0 Å². The van der Waals surface area contributed by atoms with Gasteiger partial charge in [-0.05, 0) is 30.7 Å². The molecule has 0 bridgehead atoms. The lowest BCUT2D eigenvalue weighted by atomic mass is 9.95. The molecule has 2 fully saturated rings. The van der Waals surface area contributed by atoms with Gasteiger partial charge in [-0.25, -0.2) is 8.42 Å². The number of nitrogens with zero attached hydrogens (tertiary/aromatic N) is 3. The topological polar surface area (TPSA) is 76.1 Å². The number of alkyl halides is 6. The fourth-order valence-electron chi connectivity index (χ4n) is 5.07. The van der Waals surface area contributed by atoms with Crippen LogP contribution in [0.4, 0.5) is 32.0 Å². The summed E-state index contributed by atoms with van der Waals surface area (Å²) in [6.45, 7) is 0.926. The van der Waals surface area contributed by atoms with Gasteiger partial charge < -0.3 is 15.3 Å². The van der Waals surface area contributed by atoms with E-state index in [4.69, 9.17) is 12.2 Å². The molecule has 15 heteroatoms. The quantitative estimate of drug-likeness (QED) is 0.377. The summed E-state index contributed by atoms with van der Waals surface area (Å²) in [6, 6.07) is 2.73. The Balaban J connectivity index is 1.61. The third-order valence-corrected chi connectivity index (χ3v) is 9.93. The summed E-state index contributed by atoms with van der Waals surface area (Å²) in [4.78, 5) is 3.67. The smallest absolute Gasteiger partial charge is 0.376 e. The highest BCUT2D eigenvalue weighted by atomic mass is 32.2. The van der Waals surface area contributed by atoms with E-state index < -0.39 is 40.1 Å². The van der Waals surface area contributed by atoms with Crippen molar-refractivity contribution in [2.45, 2.75) is 43.4 Å². The zero-order chi connectivity index (χ0) is 29.5. The molecule has 0 saturated carbocycles. The van der Waals surface area contributed by atoms with Crippen molar-refractivity contribution in [3.05, 3.63) is 53.0 Å². The van der Waals surface area contributed by atoms with Crippen LogP contribution in [0.15, 0.2) is 47.4 Å². The van der Waals surface area contributed by atoms with Crippen LogP contribution in [0.1, 0.15) is 18.9 Å². The van der Waals surface area contributed by atoms with Gasteiger partial charge >= 0.3 is 12.4 Å². The SMILES string of the molecule is C[C@](O)(c1ccc(N2CCN(S(=O)(=O)C3=CC=CCC3=S)C[C@@H]2CN2CCN[C@H](C(F)(F)F)C2)cc1)C(F)(F)F. The van der Waals surface area contributed by atoms with Crippen LogP contribution < -0.4 is 10.2 Å². The van der Waals surface area contributed by atoms with Crippen molar-refractivity contribution in [1.29, 1.82) is 0 Å². The van der Waals surface area contributed by atoms with Crippen LogP contribution in [0, 0.1) is 0 Å². The van der Waals surface area contributed by atoms with E-state index in [0.29, 0.717) is 25.6 Å². The normalized spacial score (nSPS) is 25.6. The van der Waals surface area contributed by atoms with Crippen molar-refractivity contribution < 1.29 is 39.9 Å². The van der Waals surface area contributed by atoms with E-state index in [-0.39, 0.29) is 54.6 Å². The predicted molar refractivity (Wildman–Crippen MR) is 142 cm³/mol. The van der Waals surface area contributed by atoms with Crippen LogP contribution in [-0.2, 0) is 15.6 Å². The summed E-state index contributed by atoms with van der Waals surface area (Å²) in [5.41, 5.74) is -2.99. The highest BCUT2D eigenvalue weighted by molar-refractivity contribution is 7.96. The Morgan fingerprint density at radius 3 is 2.33 bits per heavy atom. The number of nitrogens with one attached hydrogen (secondary N) is 1. The molecule has 0 radical (unpaired) electrons. The maximum absolute atomic E-state index is 13.5. The zero-order valence-corrected chi connectivity index (χ0v) is 23.2. The number of piperazine rings is 2. The van der Waals surface area contributed by atoms with Crippen LogP contribution in [0.5, 0.6) is 0 Å². The van der Waals surface area contributed by atoms with Crippen molar-refractivity contribution in [2.24, 2.45) is 0 Å². The molecule has 3 aliphatic rings. The number of aliphatic hydroxyl groups is 1. The molecule has 1 aromatic rings. The van der Waals surface area contributed by atoms with Crippen LogP contribution in [0.25, 0.3) is 0 Å². The molecule has 2 saturated heterocycles. The van der Waals surface area contributed by atoms with E-state index in [1.165, 1.54) is 22.5 Å². The Labute approximate surface area is 234 Å². The monoisotopic (exact) mass is 612 g/mol. The lowest BCUT2D eigenvalue weighted by molar-refractivity contribution is -0.258. The summed E-state index contributed by atoms with van der Waals surface area (Å²) in [6.07, 6.45) is -4.29. The number of sulfonamides is 1. The Morgan fingerprint density at radius 2 is 1.73 bits per heavy atom. The van der Waals surface area contributed by atoms with Gasteiger partial charge in [-0.3, -0.25) is 4.90 Å². The molecule has 0 aromatic heterocycles. The van der Waals surface area contributed by atoms with Crippen molar-refractivity contribution in [2.75, 3.05) is 50.7 Å². The molecule has 2 heterocycles. The fourth-order valence-corrected chi connectivity index (χ4v) is 7.14. The molecular weight excluding hydrogens is 582 g/mol. The molecule has 4 rings (SSSR count). The molecule has 1 aromatic carbocycles. The molecule has 40 heavy (non-hydrogen) atoms. The van der Waals surface area contributed by atoms with Gasteiger partial charge in [0, 0.05) is 62.8 Å². The maximum Gasteiger partial charge on any atom is 0.421 e. The number of halogens is 6. The molecule has 0 unspecified atom stereocenters. The minimum Gasteiger partial charge on any atom is -0.376 e. The lowest BCUT2D eigenvalue weighted by Gasteiger charge is -2.45. The van der Waals surface area contributed by atoms with Gasteiger partial charge in [-0.1, -0.05) is 36.5 Å². The standard InChI is InChI=1S/C25H30F6N4O3S2/c1-23(36,25(29,30)31)17-6-8-18(9-7-17)35-13-12-34(40(37,38)21-5-3-2-4-20(21)39)15-19(35)14-33-11-10-32-22(16-33)24(26,27)28/h2-3,5-9,19,22,32,36H,4,10-16H2,1H3/t19-,22-,23-/m0/s1. The Hall–Kier alpha value is -2.04. The predicted octanol–water partition coefficient (Wildman–Crippen LogP) is 3.33. The molecule has 222 valence electrons. The molecular formula is C25H30F6N4O3S2. The molecule has 2 aliphatic heterocycles. The van der Waals surface area contributed by atoms with Gasteiger partial charge in [0.15, 0.2) is 5.60 Å². The number of allylic oxidation sites excluding steroid dienone is 4. The molecule has 0 spiro atoms. The van der Waals surface area contributed by atoms with E-state index in [1.54, 1.807) is 22.0 Å². The summed E-state index contributed by atoms with van der Waals surface area (Å²) >= 11 is 5.26. The Morgan fingerprint density at radius 1 is 1.05 bits per heavy atom. The van der Waals surface area contributed by atoms with Gasteiger partial charge in [0.2, 0.25) is 10.0 Å². The summed E-state index contributed by atoms with van der Waals surface area (Å²) in [7, 11) is -3.98. The minimum atomic E-state index is -4.90. The number of benzene rings is 1. The van der Waals surface area contributed by atoms with Crippen molar-refractivity contribution >= 4 is 32.8 Å². The third-order valence-electron chi connectivity index (χ3n) is 7.46. The Kier molecular flexibility index (Phi) is 8.75. The summed E-state index contributed by atoms with van der Waals surface area (Å²) in [5, 5.41) is 12.5. The van der Waals surface area contributed by atoms with Gasteiger partial charge in [0.25, 0.3) is 0 Å². The highest BCUT2D eigenvalue weighted by Crippen LogP contribution is 2.39. The van der Waals surface area contributed by atoms with E-state index in [9.17, 15) is 39.9 Å². The molecule has 2 N–H and O–H groups in total. The first-order chi connectivity index (χ1) is 18.5. The minimum absolute atomic E-state index is 0.00948. The van der Waals surface area contributed by atoms with E-state index >= 15 is 0 Å². The second-order valence-corrected chi connectivity index (χ2v) is 12.6.